The van der Waals surface area contributed by atoms with Crippen molar-refractivity contribution in [1.29, 1.82) is 0 Å². The van der Waals surface area contributed by atoms with Gasteiger partial charge in [0, 0.05) is 24.3 Å². The summed E-state index contributed by atoms with van der Waals surface area (Å²) in [4.78, 5) is 14.6. The van der Waals surface area contributed by atoms with Gasteiger partial charge in [-0.25, -0.2) is 17.5 Å². The first-order chi connectivity index (χ1) is 13.9. The molecule has 0 saturated heterocycles. The molecule has 4 rings (SSSR count). The number of hydrogen-bond acceptors (Lipinski definition) is 3. The highest BCUT2D eigenvalue weighted by Crippen LogP contribution is 2.30. The second-order valence-electron chi connectivity index (χ2n) is 6.81. The van der Waals surface area contributed by atoms with Gasteiger partial charge in [-0.3, -0.25) is 4.79 Å². The van der Waals surface area contributed by atoms with E-state index in [4.69, 9.17) is 0 Å². The predicted molar refractivity (Wildman–Crippen MR) is 109 cm³/mol. The van der Waals surface area contributed by atoms with Crippen LogP contribution < -0.4 is 9.62 Å². The zero-order valence-electron chi connectivity index (χ0n) is 15.5. The molecule has 0 spiro atoms. The number of fused-ring (bicyclic) bond motifs is 1. The Bertz CT molecular complexity index is 1150. The molecule has 1 N–H and O–H groups in total. The van der Waals surface area contributed by atoms with E-state index in [9.17, 15) is 17.6 Å². The fourth-order valence-corrected chi connectivity index (χ4v) is 4.42. The van der Waals surface area contributed by atoms with E-state index in [2.05, 4.69) is 4.72 Å². The van der Waals surface area contributed by atoms with Crippen molar-refractivity contribution < 1.29 is 17.6 Å². The van der Waals surface area contributed by atoms with Crippen LogP contribution in [0.4, 0.5) is 10.1 Å². The van der Waals surface area contributed by atoms with Crippen LogP contribution in [0.2, 0.25) is 0 Å². The Hall–Kier alpha value is -3.03. The molecular weight excluding hydrogens is 391 g/mol. The fraction of sp³-hybridized carbons (Fsp3) is 0.136. The summed E-state index contributed by atoms with van der Waals surface area (Å²) < 4.78 is 40.4. The quantitative estimate of drug-likeness (QED) is 0.700. The molecule has 0 bridgehead atoms. The SMILES string of the molecule is O=C(c1ccc(F)cc1)N1CCc2cc(CNS(=O)(=O)c3ccccc3)ccc21. The molecule has 1 heterocycles. The highest BCUT2D eigenvalue weighted by molar-refractivity contribution is 7.89. The molecule has 0 aliphatic carbocycles. The van der Waals surface area contributed by atoms with Gasteiger partial charge in [0.05, 0.1) is 4.90 Å². The maximum Gasteiger partial charge on any atom is 0.258 e. The third-order valence-electron chi connectivity index (χ3n) is 4.90. The van der Waals surface area contributed by atoms with Gasteiger partial charge >= 0.3 is 0 Å². The standard InChI is InChI=1S/C22H19FN2O3S/c23-19-9-7-17(8-10-19)22(26)25-13-12-18-14-16(6-11-21(18)25)15-24-29(27,28)20-4-2-1-3-5-20/h1-11,14,24H,12-13,15H2. The molecule has 29 heavy (non-hydrogen) atoms. The molecular formula is C22H19FN2O3S. The number of amides is 1. The van der Waals surface area contributed by atoms with E-state index in [0.29, 0.717) is 18.5 Å². The van der Waals surface area contributed by atoms with E-state index in [1.165, 1.54) is 24.3 Å². The van der Waals surface area contributed by atoms with Crippen LogP contribution in [0.15, 0.2) is 77.7 Å². The van der Waals surface area contributed by atoms with Crippen LogP contribution in [-0.2, 0) is 23.0 Å². The van der Waals surface area contributed by atoms with Crippen molar-refractivity contribution in [2.45, 2.75) is 17.9 Å². The smallest absolute Gasteiger partial charge is 0.258 e. The van der Waals surface area contributed by atoms with Crippen molar-refractivity contribution in [1.82, 2.24) is 4.72 Å². The third kappa shape index (κ3) is 4.06. The number of hydrogen-bond donors (Lipinski definition) is 1. The first kappa shape index (κ1) is 19.3. The van der Waals surface area contributed by atoms with Crippen molar-refractivity contribution >= 4 is 21.6 Å². The summed E-state index contributed by atoms with van der Waals surface area (Å²) in [6, 6.07) is 19.3. The largest absolute Gasteiger partial charge is 0.308 e. The lowest BCUT2D eigenvalue weighted by molar-refractivity contribution is 0.0989. The predicted octanol–water partition coefficient (Wildman–Crippen LogP) is 3.51. The summed E-state index contributed by atoms with van der Waals surface area (Å²) in [7, 11) is -3.58. The van der Waals surface area contributed by atoms with Gasteiger partial charge in [0.25, 0.3) is 5.91 Å². The Labute approximate surface area is 168 Å². The van der Waals surface area contributed by atoms with E-state index in [1.54, 1.807) is 35.2 Å². The second-order valence-corrected chi connectivity index (χ2v) is 8.58. The summed E-state index contributed by atoms with van der Waals surface area (Å²) in [5.41, 5.74) is 3.03. The molecule has 148 valence electrons. The molecule has 0 fully saturated rings. The second kappa shape index (κ2) is 7.77. The van der Waals surface area contributed by atoms with E-state index in [1.807, 2.05) is 18.2 Å². The Morgan fingerprint density at radius 1 is 1.00 bits per heavy atom. The topological polar surface area (TPSA) is 66.5 Å². The third-order valence-corrected chi connectivity index (χ3v) is 6.31. The van der Waals surface area contributed by atoms with Gasteiger partial charge in [-0.1, -0.05) is 30.3 Å². The number of sulfonamides is 1. The summed E-state index contributed by atoms with van der Waals surface area (Å²) in [6.45, 7) is 0.696. The average Bonchev–Trinajstić information content (AvgIpc) is 3.16. The summed E-state index contributed by atoms with van der Waals surface area (Å²) >= 11 is 0. The first-order valence-electron chi connectivity index (χ1n) is 9.18. The average molecular weight is 410 g/mol. The number of halogens is 1. The number of nitrogens with zero attached hydrogens (tertiary/aromatic N) is 1. The van der Waals surface area contributed by atoms with Crippen molar-refractivity contribution in [3.05, 3.63) is 95.3 Å². The molecule has 0 saturated carbocycles. The summed E-state index contributed by atoms with van der Waals surface area (Å²) in [6.07, 6.45) is 0.682. The van der Waals surface area contributed by atoms with Crippen LogP contribution in [0.1, 0.15) is 21.5 Å². The molecule has 0 radical (unpaired) electrons. The lowest BCUT2D eigenvalue weighted by atomic mass is 10.1. The minimum atomic E-state index is -3.58. The molecule has 1 amide bonds. The van der Waals surface area contributed by atoms with Crippen LogP contribution in [0.3, 0.4) is 0 Å². The summed E-state index contributed by atoms with van der Waals surface area (Å²) in [5.74, 6) is -0.563. The number of rotatable bonds is 5. The Kier molecular flexibility index (Phi) is 5.17. The van der Waals surface area contributed by atoms with Crippen molar-refractivity contribution in [3.63, 3.8) is 0 Å². The molecule has 7 heteroatoms. The summed E-state index contributed by atoms with van der Waals surface area (Å²) in [5, 5.41) is 0. The minimum Gasteiger partial charge on any atom is -0.308 e. The van der Waals surface area contributed by atoms with Gasteiger partial charge in [0.2, 0.25) is 10.0 Å². The molecule has 0 unspecified atom stereocenters. The normalized spacial score (nSPS) is 13.3. The van der Waals surface area contributed by atoms with Crippen LogP contribution in [0, 0.1) is 5.82 Å². The number of carbonyl (C=O) groups excluding carboxylic acids is 1. The van der Waals surface area contributed by atoms with Gasteiger partial charge < -0.3 is 4.90 Å². The number of anilines is 1. The minimum absolute atomic E-state index is 0.163. The molecule has 1 aliphatic heterocycles. The van der Waals surface area contributed by atoms with Crippen LogP contribution >= 0.6 is 0 Å². The fourth-order valence-electron chi connectivity index (χ4n) is 3.39. The number of nitrogens with one attached hydrogen (secondary N) is 1. The molecule has 3 aromatic carbocycles. The van der Waals surface area contributed by atoms with Crippen LogP contribution in [-0.4, -0.2) is 20.9 Å². The molecule has 0 atom stereocenters. The zero-order valence-corrected chi connectivity index (χ0v) is 16.3. The van der Waals surface area contributed by atoms with E-state index in [0.717, 1.165) is 16.8 Å². The van der Waals surface area contributed by atoms with E-state index < -0.39 is 10.0 Å². The first-order valence-corrected chi connectivity index (χ1v) is 10.7. The Morgan fingerprint density at radius 2 is 1.72 bits per heavy atom. The lowest BCUT2D eigenvalue weighted by Crippen LogP contribution is -2.28. The molecule has 0 aromatic heterocycles. The maximum atomic E-state index is 13.1. The van der Waals surface area contributed by atoms with Gasteiger partial charge in [-0.05, 0) is 60.0 Å². The van der Waals surface area contributed by atoms with Crippen molar-refractivity contribution in [2.75, 3.05) is 11.4 Å². The van der Waals surface area contributed by atoms with Crippen LogP contribution in [0.5, 0.6) is 0 Å². The Morgan fingerprint density at radius 3 is 2.45 bits per heavy atom. The molecule has 1 aliphatic rings. The van der Waals surface area contributed by atoms with Crippen molar-refractivity contribution in [3.8, 4) is 0 Å². The highest BCUT2D eigenvalue weighted by Gasteiger charge is 2.26. The van der Waals surface area contributed by atoms with Gasteiger partial charge in [0.1, 0.15) is 5.82 Å². The number of carbonyl (C=O) groups is 1. The van der Waals surface area contributed by atoms with Crippen molar-refractivity contribution in [2.24, 2.45) is 0 Å². The number of benzene rings is 3. The maximum absolute atomic E-state index is 13.1. The molecule has 5 nitrogen and oxygen atoms in total. The zero-order chi connectivity index (χ0) is 20.4. The van der Waals surface area contributed by atoms with Crippen LogP contribution in [0.25, 0.3) is 0 Å². The lowest BCUT2D eigenvalue weighted by Gasteiger charge is -2.18. The van der Waals surface area contributed by atoms with E-state index in [-0.39, 0.29) is 23.2 Å². The van der Waals surface area contributed by atoms with E-state index >= 15 is 0 Å². The van der Waals surface area contributed by atoms with Gasteiger partial charge in [-0.15, -0.1) is 0 Å². The van der Waals surface area contributed by atoms with Gasteiger partial charge in [-0.2, -0.15) is 0 Å². The monoisotopic (exact) mass is 410 g/mol. The highest BCUT2D eigenvalue weighted by atomic mass is 32.2. The Balaban J connectivity index is 1.49. The van der Waals surface area contributed by atoms with Gasteiger partial charge in [0.15, 0.2) is 0 Å². The molecule has 3 aromatic rings.